The van der Waals surface area contributed by atoms with E-state index in [0.717, 1.165) is 30.0 Å². The maximum atomic E-state index is 3.72. The lowest BCUT2D eigenvalue weighted by Crippen LogP contribution is -2.46. The van der Waals surface area contributed by atoms with E-state index in [9.17, 15) is 0 Å². The second-order valence-electron chi connectivity index (χ2n) is 7.39. The van der Waals surface area contributed by atoms with Gasteiger partial charge < -0.3 is 5.32 Å². The molecule has 1 aliphatic heterocycles. The van der Waals surface area contributed by atoms with Gasteiger partial charge in [0.25, 0.3) is 0 Å². The molecule has 110 valence electrons. The first kappa shape index (κ1) is 13.9. The second kappa shape index (κ2) is 6.13. The summed E-state index contributed by atoms with van der Waals surface area (Å²) in [6.45, 7) is 7.51. The van der Waals surface area contributed by atoms with Gasteiger partial charge in [-0.3, -0.25) is 4.90 Å². The first-order chi connectivity index (χ1) is 9.25. The van der Waals surface area contributed by atoms with Gasteiger partial charge in [-0.25, -0.2) is 0 Å². The molecule has 0 aromatic heterocycles. The third-order valence-corrected chi connectivity index (χ3v) is 5.94. The van der Waals surface area contributed by atoms with Crippen LogP contribution >= 0.6 is 0 Å². The zero-order valence-electron chi connectivity index (χ0n) is 12.9. The predicted molar refractivity (Wildman–Crippen MR) is 81.3 cm³/mol. The number of hydrogen-bond acceptors (Lipinski definition) is 2. The highest BCUT2D eigenvalue weighted by molar-refractivity contribution is 4.92. The Kier molecular flexibility index (Phi) is 4.48. The van der Waals surface area contributed by atoms with E-state index in [4.69, 9.17) is 0 Å². The Labute approximate surface area is 119 Å². The Morgan fingerprint density at radius 3 is 2.42 bits per heavy atom. The van der Waals surface area contributed by atoms with Crippen LogP contribution in [-0.2, 0) is 0 Å². The number of nitrogens with one attached hydrogen (secondary N) is 1. The highest BCUT2D eigenvalue weighted by Gasteiger charge is 2.37. The van der Waals surface area contributed by atoms with Crippen molar-refractivity contribution in [3.63, 3.8) is 0 Å². The quantitative estimate of drug-likeness (QED) is 0.791. The monoisotopic (exact) mass is 264 g/mol. The SMILES string of the molecule is CC(CNC1CC1)C(C)N1CCCC1C1CCCC1. The van der Waals surface area contributed by atoms with Gasteiger partial charge in [0.1, 0.15) is 0 Å². The summed E-state index contributed by atoms with van der Waals surface area (Å²) in [6.07, 6.45) is 11.7. The minimum atomic E-state index is 0.763. The maximum absolute atomic E-state index is 3.72. The molecule has 1 saturated heterocycles. The molecule has 3 fully saturated rings. The van der Waals surface area contributed by atoms with Crippen molar-refractivity contribution in [1.29, 1.82) is 0 Å². The predicted octanol–water partition coefficient (Wildman–Crippen LogP) is 3.42. The van der Waals surface area contributed by atoms with Gasteiger partial charge in [-0.2, -0.15) is 0 Å². The van der Waals surface area contributed by atoms with Crippen molar-refractivity contribution in [2.75, 3.05) is 13.1 Å². The van der Waals surface area contributed by atoms with Gasteiger partial charge in [-0.1, -0.05) is 19.8 Å². The first-order valence-corrected chi connectivity index (χ1v) is 8.75. The molecule has 19 heavy (non-hydrogen) atoms. The van der Waals surface area contributed by atoms with Crippen molar-refractivity contribution in [3.8, 4) is 0 Å². The molecule has 1 heterocycles. The van der Waals surface area contributed by atoms with Crippen molar-refractivity contribution in [1.82, 2.24) is 10.2 Å². The van der Waals surface area contributed by atoms with E-state index in [-0.39, 0.29) is 0 Å². The molecule has 2 nitrogen and oxygen atoms in total. The molecule has 2 saturated carbocycles. The summed E-state index contributed by atoms with van der Waals surface area (Å²) in [5.74, 6) is 1.82. The van der Waals surface area contributed by atoms with Crippen LogP contribution in [0.1, 0.15) is 65.2 Å². The molecule has 3 aliphatic rings. The lowest BCUT2D eigenvalue weighted by atomic mass is 9.93. The Morgan fingerprint density at radius 1 is 1.00 bits per heavy atom. The number of nitrogens with zero attached hydrogens (tertiary/aromatic N) is 1. The van der Waals surface area contributed by atoms with Gasteiger partial charge in [-0.05, 0) is 70.4 Å². The molecule has 0 radical (unpaired) electrons. The summed E-state index contributed by atoms with van der Waals surface area (Å²) in [5.41, 5.74) is 0. The summed E-state index contributed by atoms with van der Waals surface area (Å²) < 4.78 is 0. The van der Waals surface area contributed by atoms with Gasteiger partial charge in [0.2, 0.25) is 0 Å². The van der Waals surface area contributed by atoms with E-state index in [1.165, 1.54) is 64.5 Å². The molecule has 3 rings (SSSR count). The Balaban J connectivity index is 1.52. The summed E-state index contributed by atoms with van der Waals surface area (Å²) >= 11 is 0. The summed E-state index contributed by atoms with van der Waals surface area (Å²) in [6, 6.07) is 2.54. The van der Waals surface area contributed by atoms with Crippen molar-refractivity contribution in [2.24, 2.45) is 11.8 Å². The highest BCUT2D eigenvalue weighted by Crippen LogP contribution is 2.37. The second-order valence-corrected chi connectivity index (χ2v) is 7.39. The Bertz CT molecular complexity index is 281. The van der Waals surface area contributed by atoms with Crippen LogP contribution in [0, 0.1) is 11.8 Å². The van der Waals surface area contributed by atoms with Crippen LogP contribution < -0.4 is 5.32 Å². The summed E-state index contributed by atoms with van der Waals surface area (Å²) in [5, 5.41) is 3.72. The van der Waals surface area contributed by atoms with Crippen LogP contribution in [0.15, 0.2) is 0 Å². The number of rotatable bonds is 6. The molecule has 0 spiro atoms. The lowest BCUT2D eigenvalue weighted by molar-refractivity contribution is 0.110. The highest BCUT2D eigenvalue weighted by atomic mass is 15.2. The fourth-order valence-corrected chi connectivity index (χ4v) is 4.31. The Morgan fingerprint density at radius 2 is 1.74 bits per heavy atom. The van der Waals surface area contributed by atoms with E-state index < -0.39 is 0 Å². The van der Waals surface area contributed by atoms with Crippen molar-refractivity contribution >= 4 is 0 Å². The third kappa shape index (κ3) is 3.33. The van der Waals surface area contributed by atoms with Crippen LogP contribution in [0.2, 0.25) is 0 Å². The van der Waals surface area contributed by atoms with Crippen molar-refractivity contribution in [3.05, 3.63) is 0 Å². The molecule has 0 aromatic carbocycles. The van der Waals surface area contributed by atoms with Crippen LogP contribution in [0.3, 0.4) is 0 Å². The van der Waals surface area contributed by atoms with Crippen LogP contribution in [0.5, 0.6) is 0 Å². The smallest absolute Gasteiger partial charge is 0.0127 e. The van der Waals surface area contributed by atoms with Crippen LogP contribution in [-0.4, -0.2) is 36.1 Å². The molecule has 0 bridgehead atoms. The number of hydrogen-bond donors (Lipinski definition) is 1. The molecule has 2 heteroatoms. The first-order valence-electron chi connectivity index (χ1n) is 8.75. The lowest BCUT2D eigenvalue weighted by Gasteiger charge is -2.37. The van der Waals surface area contributed by atoms with E-state index in [1.807, 2.05) is 0 Å². The van der Waals surface area contributed by atoms with Crippen LogP contribution in [0.25, 0.3) is 0 Å². The minimum Gasteiger partial charge on any atom is -0.314 e. The average molecular weight is 264 g/mol. The summed E-state index contributed by atoms with van der Waals surface area (Å²) in [7, 11) is 0. The van der Waals surface area contributed by atoms with Gasteiger partial charge in [0.15, 0.2) is 0 Å². The van der Waals surface area contributed by atoms with Gasteiger partial charge in [0, 0.05) is 18.1 Å². The molecule has 0 aromatic rings. The maximum Gasteiger partial charge on any atom is 0.0127 e. The van der Waals surface area contributed by atoms with Crippen molar-refractivity contribution in [2.45, 2.75) is 83.3 Å². The molecule has 0 amide bonds. The molecule has 2 aliphatic carbocycles. The molecular weight excluding hydrogens is 232 g/mol. The van der Waals surface area contributed by atoms with E-state index in [0.29, 0.717) is 0 Å². The van der Waals surface area contributed by atoms with Crippen LogP contribution in [0.4, 0.5) is 0 Å². The van der Waals surface area contributed by atoms with E-state index in [1.54, 1.807) is 0 Å². The zero-order chi connectivity index (χ0) is 13.2. The topological polar surface area (TPSA) is 15.3 Å². The van der Waals surface area contributed by atoms with Gasteiger partial charge in [0.05, 0.1) is 0 Å². The average Bonchev–Trinajstić information content (AvgIpc) is 2.92. The van der Waals surface area contributed by atoms with Crippen molar-refractivity contribution < 1.29 is 0 Å². The van der Waals surface area contributed by atoms with E-state index in [2.05, 4.69) is 24.1 Å². The molecule has 1 N–H and O–H groups in total. The summed E-state index contributed by atoms with van der Waals surface area (Å²) in [4.78, 5) is 2.87. The fraction of sp³-hybridized carbons (Fsp3) is 1.00. The largest absolute Gasteiger partial charge is 0.314 e. The molecule has 3 atom stereocenters. The molecule has 3 unspecified atom stereocenters. The third-order valence-electron chi connectivity index (χ3n) is 5.94. The van der Waals surface area contributed by atoms with E-state index >= 15 is 0 Å². The fourth-order valence-electron chi connectivity index (χ4n) is 4.31. The standard InChI is InChI=1S/C17H32N2/c1-13(12-18-16-9-10-16)14(2)19-11-5-8-17(19)15-6-3-4-7-15/h13-18H,3-12H2,1-2H3. The number of likely N-dealkylation sites (tertiary alicyclic amines) is 1. The van der Waals surface area contributed by atoms with Gasteiger partial charge >= 0.3 is 0 Å². The van der Waals surface area contributed by atoms with Gasteiger partial charge in [-0.15, -0.1) is 0 Å². The molecular formula is C17H32N2. The minimum absolute atomic E-state index is 0.763. The normalized spacial score (nSPS) is 32.8. The Hall–Kier alpha value is -0.0800. The zero-order valence-corrected chi connectivity index (χ0v) is 12.9.